The van der Waals surface area contributed by atoms with Crippen molar-refractivity contribution in [1.29, 1.82) is 5.26 Å². The third-order valence-electron chi connectivity index (χ3n) is 5.98. The van der Waals surface area contributed by atoms with Crippen LogP contribution in [0.15, 0.2) is 17.1 Å². The minimum absolute atomic E-state index is 0.216. The molecule has 2 aromatic heterocycles. The van der Waals surface area contributed by atoms with Crippen molar-refractivity contribution in [3.63, 3.8) is 0 Å². The lowest BCUT2D eigenvalue weighted by molar-refractivity contribution is 0.0956. The van der Waals surface area contributed by atoms with Gasteiger partial charge in [0.15, 0.2) is 0 Å². The average Bonchev–Trinajstić information content (AvgIpc) is 2.59. The molecule has 3 heterocycles. The Morgan fingerprint density at radius 3 is 2.56 bits per heavy atom. The molecule has 25 heavy (non-hydrogen) atoms. The van der Waals surface area contributed by atoms with Crippen molar-refractivity contribution in [3.05, 3.63) is 28.2 Å². The number of anilines is 2. The first kappa shape index (κ1) is 15.9. The molecule has 1 N–H and O–H groups in total. The van der Waals surface area contributed by atoms with Crippen molar-refractivity contribution in [2.24, 2.45) is 5.41 Å². The van der Waals surface area contributed by atoms with E-state index >= 15 is 0 Å². The van der Waals surface area contributed by atoms with Crippen LogP contribution in [0.4, 0.5) is 11.5 Å². The third kappa shape index (κ3) is 2.55. The van der Waals surface area contributed by atoms with E-state index in [1.807, 2.05) is 25.1 Å². The predicted octanol–water partition coefficient (Wildman–Crippen LogP) is 2.63. The van der Waals surface area contributed by atoms with Gasteiger partial charge in [-0.3, -0.25) is 4.79 Å². The number of hydrogen-bond donors (Lipinski definition) is 1. The SMILES string of the molecule is CN(C)c1cc2c(N3CCC4(CCC4)CC3)c(C#N)c(=O)[nH]c2cn1. The summed E-state index contributed by atoms with van der Waals surface area (Å²) in [6, 6.07) is 4.10. The lowest BCUT2D eigenvalue weighted by Crippen LogP contribution is -2.44. The summed E-state index contributed by atoms with van der Waals surface area (Å²) in [4.78, 5) is 23.8. The Labute approximate surface area is 147 Å². The molecule has 1 saturated heterocycles. The Morgan fingerprint density at radius 2 is 2.00 bits per heavy atom. The number of hydrogen-bond acceptors (Lipinski definition) is 5. The first-order valence-corrected chi connectivity index (χ1v) is 8.91. The number of fused-ring (bicyclic) bond motifs is 1. The zero-order valence-electron chi connectivity index (χ0n) is 14.8. The standard InChI is InChI=1S/C19H23N5O/c1-23(2)16-10-13-15(12-21-16)22-18(25)14(11-20)17(13)24-8-6-19(7-9-24)4-3-5-19/h10,12H,3-9H2,1-2H3,(H,22,25). The second-order valence-corrected chi connectivity index (χ2v) is 7.61. The second-order valence-electron chi connectivity index (χ2n) is 7.61. The Kier molecular flexibility index (Phi) is 3.68. The average molecular weight is 337 g/mol. The molecule has 2 aliphatic rings. The quantitative estimate of drug-likeness (QED) is 0.912. The molecule has 1 saturated carbocycles. The van der Waals surface area contributed by atoms with Crippen molar-refractivity contribution in [2.45, 2.75) is 32.1 Å². The summed E-state index contributed by atoms with van der Waals surface area (Å²) < 4.78 is 0. The fourth-order valence-electron chi connectivity index (χ4n) is 4.23. The van der Waals surface area contributed by atoms with Gasteiger partial charge in [0.1, 0.15) is 17.5 Å². The molecule has 0 radical (unpaired) electrons. The lowest BCUT2D eigenvalue weighted by atomic mass is 9.63. The zero-order chi connectivity index (χ0) is 17.6. The Hall–Kier alpha value is -2.55. The van der Waals surface area contributed by atoms with Gasteiger partial charge in [0, 0.05) is 32.6 Å². The van der Waals surface area contributed by atoms with Gasteiger partial charge in [0.2, 0.25) is 0 Å². The maximum atomic E-state index is 12.4. The van der Waals surface area contributed by atoms with Gasteiger partial charge < -0.3 is 14.8 Å². The molecule has 6 nitrogen and oxygen atoms in total. The van der Waals surface area contributed by atoms with Gasteiger partial charge in [-0.15, -0.1) is 0 Å². The maximum absolute atomic E-state index is 12.4. The summed E-state index contributed by atoms with van der Waals surface area (Å²) in [7, 11) is 3.87. The summed E-state index contributed by atoms with van der Waals surface area (Å²) >= 11 is 0. The molecule has 0 unspecified atom stereocenters. The molecule has 6 heteroatoms. The molecule has 0 aromatic carbocycles. The Balaban J connectivity index is 1.83. The van der Waals surface area contributed by atoms with Crippen molar-refractivity contribution in [3.8, 4) is 6.07 Å². The van der Waals surface area contributed by atoms with E-state index in [0.717, 1.165) is 42.8 Å². The van der Waals surface area contributed by atoms with Crippen LogP contribution in [0.2, 0.25) is 0 Å². The maximum Gasteiger partial charge on any atom is 0.268 e. The van der Waals surface area contributed by atoms with Crippen LogP contribution >= 0.6 is 0 Å². The van der Waals surface area contributed by atoms with E-state index in [1.165, 1.54) is 19.3 Å². The first-order valence-electron chi connectivity index (χ1n) is 8.91. The minimum atomic E-state index is -0.326. The van der Waals surface area contributed by atoms with Crippen LogP contribution in [0.1, 0.15) is 37.7 Å². The summed E-state index contributed by atoms with van der Waals surface area (Å²) in [5.74, 6) is 0.817. The Bertz CT molecular complexity index is 910. The molecule has 0 bridgehead atoms. The monoisotopic (exact) mass is 337 g/mol. The van der Waals surface area contributed by atoms with Crippen LogP contribution in [0.5, 0.6) is 0 Å². The molecule has 1 spiro atoms. The number of pyridine rings is 2. The molecule has 2 fully saturated rings. The number of H-pyrrole nitrogens is 1. The molecule has 0 amide bonds. The van der Waals surface area contributed by atoms with Gasteiger partial charge in [-0.05, 0) is 37.2 Å². The summed E-state index contributed by atoms with van der Waals surface area (Å²) in [5, 5.41) is 10.5. The fourth-order valence-corrected chi connectivity index (χ4v) is 4.23. The molecule has 1 aliphatic heterocycles. The number of nitriles is 1. The van der Waals surface area contributed by atoms with Gasteiger partial charge in [0.25, 0.3) is 5.56 Å². The molecular weight excluding hydrogens is 314 g/mol. The molecular formula is C19H23N5O. The van der Waals surface area contributed by atoms with Crippen LogP contribution < -0.4 is 15.4 Å². The Morgan fingerprint density at radius 1 is 1.28 bits per heavy atom. The number of aromatic amines is 1. The van der Waals surface area contributed by atoms with Crippen molar-refractivity contribution >= 4 is 22.4 Å². The second kappa shape index (κ2) is 5.76. The van der Waals surface area contributed by atoms with Crippen LogP contribution in [0.25, 0.3) is 10.9 Å². The highest BCUT2D eigenvalue weighted by Crippen LogP contribution is 2.49. The normalized spacial score (nSPS) is 18.8. The van der Waals surface area contributed by atoms with Crippen LogP contribution in [-0.4, -0.2) is 37.2 Å². The lowest BCUT2D eigenvalue weighted by Gasteiger charge is -2.48. The van der Waals surface area contributed by atoms with Crippen LogP contribution in [0.3, 0.4) is 0 Å². The van der Waals surface area contributed by atoms with Gasteiger partial charge in [0.05, 0.1) is 17.4 Å². The van der Waals surface area contributed by atoms with Gasteiger partial charge in [-0.2, -0.15) is 5.26 Å². The molecule has 0 atom stereocenters. The van der Waals surface area contributed by atoms with E-state index in [9.17, 15) is 10.1 Å². The molecule has 2 aromatic rings. The predicted molar refractivity (Wildman–Crippen MR) is 99.1 cm³/mol. The van der Waals surface area contributed by atoms with E-state index in [0.29, 0.717) is 10.9 Å². The van der Waals surface area contributed by atoms with Crippen molar-refractivity contribution in [1.82, 2.24) is 9.97 Å². The number of aromatic nitrogens is 2. The van der Waals surface area contributed by atoms with E-state index in [4.69, 9.17) is 0 Å². The number of piperidine rings is 1. The highest BCUT2D eigenvalue weighted by Gasteiger charge is 2.40. The fraction of sp³-hybridized carbons (Fsp3) is 0.526. The van der Waals surface area contributed by atoms with E-state index in [-0.39, 0.29) is 11.1 Å². The largest absolute Gasteiger partial charge is 0.370 e. The van der Waals surface area contributed by atoms with E-state index < -0.39 is 0 Å². The number of nitrogens with zero attached hydrogens (tertiary/aromatic N) is 4. The van der Waals surface area contributed by atoms with E-state index in [2.05, 4.69) is 20.9 Å². The van der Waals surface area contributed by atoms with E-state index in [1.54, 1.807) is 6.20 Å². The highest BCUT2D eigenvalue weighted by molar-refractivity contribution is 5.95. The van der Waals surface area contributed by atoms with Crippen LogP contribution in [0, 0.1) is 16.7 Å². The van der Waals surface area contributed by atoms with Gasteiger partial charge >= 0.3 is 0 Å². The summed E-state index contributed by atoms with van der Waals surface area (Å²) in [5.41, 5.74) is 1.88. The third-order valence-corrected chi connectivity index (χ3v) is 5.98. The van der Waals surface area contributed by atoms with Gasteiger partial charge in [-0.1, -0.05) is 6.42 Å². The zero-order valence-corrected chi connectivity index (χ0v) is 14.8. The van der Waals surface area contributed by atoms with Crippen LogP contribution in [-0.2, 0) is 0 Å². The minimum Gasteiger partial charge on any atom is -0.370 e. The molecule has 4 rings (SSSR count). The smallest absolute Gasteiger partial charge is 0.268 e. The van der Waals surface area contributed by atoms with Crippen molar-refractivity contribution in [2.75, 3.05) is 37.0 Å². The number of rotatable bonds is 2. The van der Waals surface area contributed by atoms with Crippen molar-refractivity contribution < 1.29 is 0 Å². The molecule has 130 valence electrons. The summed E-state index contributed by atoms with van der Waals surface area (Å²) in [6.07, 6.45) is 7.99. The summed E-state index contributed by atoms with van der Waals surface area (Å²) in [6.45, 7) is 1.82. The molecule has 1 aliphatic carbocycles. The highest BCUT2D eigenvalue weighted by atomic mass is 16.1. The van der Waals surface area contributed by atoms with Gasteiger partial charge in [-0.25, -0.2) is 4.98 Å². The topological polar surface area (TPSA) is 76.0 Å². The first-order chi connectivity index (χ1) is 12.0. The number of nitrogens with one attached hydrogen (secondary N) is 1.